The van der Waals surface area contributed by atoms with Crippen molar-refractivity contribution >= 4 is 38.5 Å². The van der Waals surface area contributed by atoms with Gasteiger partial charge in [-0.05, 0) is 36.8 Å². The van der Waals surface area contributed by atoms with E-state index in [-0.39, 0.29) is 4.90 Å². The molecule has 0 radical (unpaired) electrons. The Morgan fingerprint density at radius 2 is 1.97 bits per heavy atom. The smallest absolute Gasteiger partial charge is 0.267 e. The number of ether oxygens (including phenoxy) is 1. The Bertz CT molecular complexity index is 1270. The van der Waals surface area contributed by atoms with Crippen LogP contribution in [-0.4, -0.2) is 34.1 Å². The first-order valence-corrected chi connectivity index (χ1v) is 11.0. The number of methoxy groups -OCH3 is 1. The average molecular weight is 430 g/mol. The van der Waals surface area contributed by atoms with Crippen molar-refractivity contribution in [3.8, 4) is 5.75 Å². The number of aromatic nitrogens is 4. The van der Waals surface area contributed by atoms with Crippen LogP contribution in [0.4, 0.5) is 5.69 Å². The van der Waals surface area contributed by atoms with Crippen LogP contribution in [0.1, 0.15) is 18.5 Å². The molecule has 10 heteroatoms. The molecule has 8 nitrogen and oxygen atoms in total. The van der Waals surface area contributed by atoms with Crippen LogP contribution in [-0.2, 0) is 17.1 Å². The van der Waals surface area contributed by atoms with E-state index in [9.17, 15) is 8.42 Å². The number of sulfonamides is 1. The van der Waals surface area contributed by atoms with Crippen molar-refractivity contribution in [2.45, 2.75) is 17.9 Å². The van der Waals surface area contributed by atoms with E-state index < -0.39 is 16.1 Å². The molecule has 0 N–H and O–H groups in total. The van der Waals surface area contributed by atoms with Gasteiger partial charge < -0.3 is 4.74 Å². The number of aryl methyl sites for hydroxylation is 1. The van der Waals surface area contributed by atoms with Gasteiger partial charge in [0.2, 0.25) is 0 Å². The molecule has 0 bridgehead atoms. The molecule has 4 rings (SSSR count). The number of hydrogen-bond acceptors (Lipinski definition) is 7. The summed E-state index contributed by atoms with van der Waals surface area (Å²) < 4.78 is 44.3. The van der Waals surface area contributed by atoms with Crippen LogP contribution in [0.5, 0.6) is 5.75 Å². The molecule has 0 aliphatic rings. The molecule has 0 aliphatic heterocycles. The van der Waals surface area contributed by atoms with Gasteiger partial charge in [-0.2, -0.15) is 13.8 Å². The van der Waals surface area contributed by atoms with Gasteiger partial charge in [-0.15, -0.1) is 0 Å². The summed E-state index contributed by atoms with van der Waals surface area (Å²) in [6.45, 7) is 1.83. The van der Waals surface area contributed by atoms with Crippen molar-refractivity contribution in [1.82, 2.24) is 18.5 Å². The topological polar surface area (TPSA) is 90.2 Å². The lowest BCUT2D eigenvalue weighted by Gasteiger charge is -2.29. The molecule has 0 saturated carbocycles. The predicted molar refractivity (Wildman–Crippen MR) is 112 cm³/mol. The maximum absolute atomic E-state index is 13.8. The zero-order valence-electron chi connectivity index (χ0n) is 16.1. The van der Waals surface area contributed by atoms with Crippen LogP contribution in [0.25, 0.3) is 11.0 Å². The van der Waals surface area contributed by atoms with Crippen molar-refractivity contribution in [2.24, 2.45) is 7.05 Å². The van der Waals surface area contributed by atoms with E-state index in [1.807, 2.05) is 31.2 Å². The normalized spacial score (nSPS) is 12.8. The van der Waals surface area contributed by atoms with Crippen molar-refractivity contribution in [3.63, 3.8) is 0 Å². The Kier molecular flexibility index (Phi) is 4.97. The standard InChI is InChI=1S/C19H19N5O3S2/c1-13(14-6-4-7-16(10-14)27-3)24(15-11-20-23(2)12-15)29(25,26)18-9-5-8-17-19(18)22-28-21-17/h4-13H,1-3H3. The van der Waals surface area contributed by atoms with Crippen LogP contribution in [0.3, 0.4) is 0 Å². The maximum atomic E-state index is 13.8. The minimum Gasteiger partial charge on any atom is -0.497 e. The Balaban J connectivity index is 1.90. The quantitative estimate of drug-likeness (QED) is 0.467. The molecule has 150 valence electrons. The van der Waals surface area contributed by atoms with Gasteiger partial charge in [-0.25, -0.2) is 8.42 Å². The first-order valence-electron chi connectivity index (χ1n) is 8.80. The number of hydrogen-bond donors (Lipinski definition) is 0. The van der Waals surface area contributed by atoms with Gasteiger partial charge in [0.25, 0.3) is 10.0 Å². The fourth-order valence-electron chi connectivity index (χ4n) is 3.22. The highest BCUT2D eigenvalue weighted by molar-refractivity contribution is 7.93. The molecule has 2 aromatic carbocycles. The second kappa shape index (κ2) is 7.45. The summed E-state index contributed by atoms with van der Waals surface area (Å²) in [7, 11) is -0.637. The summed E-state index contributed by atoms with van der Waals surface area (Å²) in [5.41, 5.74) is 2.17. The SMILES string of the molecule is COc1cccc(C(C)N(c2cnn(C)c2)S(=O)(=O)c2cccc3nsnc23)c1. The van der Waals surface area contributed by atoms with E-state index in [1.165, 1.54) is 10.5 Å². The number of fused-ring (bicyclic) bond motifs is 1. The van der Waals surface area contributed by atoms with Crippen molar-refractivity contribution in [1.29, 1.82) is 0 Å². The van der Waals surface area contributed by atoms with Gasteiger partial charge in [0.15, 0.2) is 0 Å². The number of benzene rings is 2. The molecule has 0 amide bonds. The predicted octanol–water partition coefficient (Wildman–Crippen LogP) is 3.39. The van der Waals surface area contributed by atoms with E-state index in [0.29, 0.717) is 22.5 Å². The average Bonchev–Trinajstić information content (AvgIpc) is 3.36. The molecule has 2 aromatic heterocycles. The summed E-state index contributed by atoms with van der Waals surface area (Å²) >= 11 is 0.989. The molecule has 2 heterocycles. The van der Waals surface area contributed by atoms with Crippen molar-refractivity contribution in [3.05, 3.63) is 60.4 Å². The van der Waals surface area contributed by atoms with E-state index >= 15 is 0 Å². The van der Waals surface area contributed by atoms with Crippen molar-refractivity contribution < 1.29 is 13.2 Å². The second-order valence-corrected chi connectivity index (χ2v) is 8.83. The first-order chi connectivity index (χ1) is 13.9. The Hall–Kier alpha value is -2.98. The molecule has 4 aromatic rings. The largest absolute Gasteiger partial charge is 0.497 e. The van der Waals surface area contributed by atoms with Crippen LogP contribution in [0.2, 0.25) is 0 Å². The molecule has 0 fully saturated rings. The van der Waals surface area contributed by atoms with E-state index in [2.05, 4.69) is 13.8 Å². The lowest BCUT2D eigenvalue weighted by molar-refractivity contribution is 0.414. The fourth-order valence-corrected chi connectivity index (χ4v) is 5.60. The number of anilines is 1. The molecular weight excluding hydrogens is 410 g/mol. The highest BCUT2D eigenvalue weighted by Gasteiger charge is 2.33. The highest BCUT2D eigenvalue weighted by atomic mass is 32.2. The van der Waals surface area contributed by atoms with Gasteiger partial charge in [0.05, 0.1) is 36.8 Å². The Morgan fingerprint density at radius 1 is 1.17 bits per heavy atom. The number of nitrogens with zero attached hydrogens (tertiary/aromatic N) is 5. The lowest BCUT2D eigenvalue weighted by atomic mass is 10.1. The zero-order chi connectivity index (χ0) is 20.6. The minimum atomic E-state index is -3.96. The summed E-state index contributed by atoms with van der Waals surface area (Å²) in [4.78, 5) is 0.113. The summed E-state index contributed by atoms with van der Waals surface area (Å²) in [5.74, 6) is 0.656. The van der Waals surface area contributed by atoms with Crippen LogP contribution >= 0.6 is 11.7 Å². The third-order valence-electron chi connectivity index (χ3n) is 4.66. The Morgan fingerprint density at radius 3 is 2.69 bits per heavy atom. The van der Waals surface area contributed by atoms with Crippen LogP contribution < -0.4 is 9.04 Å². The molecular formula is C19H19N5O3S2. The van der Waals surface area contributed by atoms with E-state index in [4.69, 9.17) is 4.74 Å². The molecule has 29 heavy (non-hydrogen) atoms. The first kappa shape index (κ1) is 19.3. The van der Waals surface area contributed by atoms with Gasteiger partial charge in [0.1, 0.15) is 21.7 Å². The fraction of sp³-hybridized carbons (Fsp3) is 0.211. The number of rotatable bonds is 6. The van der Waals surface area contributed by atoms with Gasteiger partial charge >= 0.3 is 0 Å². The maximum Gasteiger partial charge on any atom is 0.267 e. The minimum absolute atomic E-state index is 0.113. The summed E-state index contributed by atoms with van der Waals surface area (Å²) in [6, 6.07) is 11.8. The molecule has 1 atom stereocenters. The van der Waals surface area contributed by atoms with Crippen molar-refractivity contribution in [2.75, 3.05) is 11.4 Å². The molecule has 0 spiro atoms. The second-order valence-electron chi connectivity index (χ2n) is 6.51. The third-order valence-corrected chi connectivity index (χ3v) is 7.13. The molecule has 0 aliphatic carbocycles. The molecule has 1 unspecified atom stereocenters. The Labute approximate surface area is 172 Å². The van der Waals surface area contributed by atoms with Gasteiger partial charge in [-0.3, -0.25) is 8.99 Å². The van der Waals surface area contributed by atoms with Gasteiger partial charge in [0, 0.05) is 13.2 Å². The monoisotopic (exact) mass is 429 g/mol. The van der Waals surface area contributed by atoms with E-state index in [1.54, 1.807) is 43.2 Å². The summed E-state index contributed by atoms with van der Waals surface area (Å²) in [6.07, 6.45) is 3.21. The van der Waals surface area contributed by atoms with Crippen LogP contribution in [0, 0.1) is 0 Å². The van der Waals surface area contributed by atoms with Crippen LogP contribution in [0.15, 0.2) is 59.8 Å². The molecule has 0 saturated heterocycles. The summed E-state index contributed by atoms with van der Waals surface area (Å²) in [5, 5.41) is 4.17. The zero-order valence-corrected chi connectivity index (χ0v) is 17.7. The highest BCUT2D eigenvalue weighted by Crippen LogP contribution is 2.35. The van der Waals surface area contributed by atoms with Gasteiger partial charge in [-0.1, -0.05) is 18.2 Å². The van der Waals surface area contributed by atoms with E-state index in [0.717, 1.165) is 17.3 Å². The lowest BCUT2D eigenvalue weighted by Crippen LogP contribution is -2.33. The third kappa shape index (κ3) is 3.45.